The molecule has 0 bridgehead atoms. The largest absolute Gasteiger partial charge is 0.434 e. The Kier molecular flexibility index (Phi) is 3.88. The van der Waals surface area contributed by atoms with Crippen LogP contribution in [0, 0.1) is 0 Å². The average molecular weight is 255 g/mol. The van der Waals surface area contributed by atoms with E-state index in [1.165, 1.54) is 19.1 Å². The highest BCUT2D eigenvalue weighted by Crippen LogP contribution is 2.33. The lowest BCUT2D eigenvalue weighted by molar-refractivity contribution is -0.0501. The van der Waals surface area contributed by atoms with Gasteiger partial charge in [0.25, 0.3) is 0 Å². The molecular formula is C9H6Cl2F2O2. The van der Waals surface area contributed by atoms with E-state index in [9.17, 15) is 13.6 Å². The highest BCUT2D eigenvalue weighted by Gasteiger charge is 2.18. The number of carbonyl (C=O) groups is 1. The predicted molar refractivity (Wildman–Crippen MR) is 53.1 cm³/mol. The van der Waals surface area contributed by atoms with Crippen LogP contribution < -0.4 is 4.74 Å². The minimum atomic E-state index is -3.01. The molecule has 0 saturated heterocycles. The summed E-state index contributed by atoms with van der Waals surface area (Å²) in [5.41, 5.74) is -0.135. The van der Waals surface area contributed by atoms with Crippen LogP contribution in [0.5, 0.6) is 5.75 Å². The molecule has 0 atom stereocenters. The Morgan fingerprint density at radius 2 is 2.00 bits per heavy atom. The van der Waals surface area contributed by atoms with E-state index in [4.69, 9.17) is 23.2 Å². The number of halogens is 4. The quantitative estimate of drug-likeness (QED) is 0.768. The Hall–Kier alpha value is -0.870. The summed E-state index contributed by atoms with van der Waals surface area (Å²) in [6.07, 6.45) is 0. The monoisotopic (exact) mass is 254 g/mol. The van der Waals surface area contributed by atoms with Crippen LogP contribution in [0.1, 0.15) is 17.3 Å². The van der Waals surface area contributed by atoms with Gasteiger partial charge in [0.05, 0.1) is 15.6 Å². The smallest absolute Gasteiger partial charge is 0.387 e. The van der Waals surface area contributed by atoms with Crippen molar-refractivity contribution < 1.29 is 18.3 Å². The summed E-state index contributed by atoms with van der Waals surface area (Å²) >= 11 is 11.3. The summed E-state index contributed by atoms with van der Waals surface area (Å²) in [6.45, 7) is -1.82. The summed E-state index contributed by atoms with van der Waals surface area (Å²) in [4.78, 5) is 11.2. The van der Waals surface area contributed by atoms with E-state index in [-0.39, 0.29) is 21.4 Å². The highest BCUT2D eigenvalue weighted by molar-refractivity contribution is 6.44. The molecule has 0 aliphatic heterocycles. The van der Waals surface area contributed by atoms with Crippen LogP contribution in [0.25, 0.3) is 0 Å². The van der Waals surface area contributed by atoms with Gasteiger partial charge in [-0.2, -0.15) is 8.78 Å². The lowest BCUT2D eigenvalue weighted by Gasteiger charge is -2.10. The Labute approximate surface area is 94.7 Å². The fourth-order valence-electron chi connectivity index (χ4n) is 1.06. The van der Waals surface area contributed by atoms with Crippen LogP contribution in [0.15, 0.2) is 12.1 Å². The topological polar surface area (TPSA) is 26.3 Å². The second kappa shape index (κ2) is 4.77. The molecule has 0 saturated carbocycles. The molecule has 6 heteroatoms. The lowest BCUT2D eigenvalue weighted by atomic mass is 10.1. The standard InChI is InChI=1S/C9H6Cl2F2O2/c1-4(14)7-6(15-9(12)13)3-2-5(10)8(7)11/h2-3,9H,1H3. The molecule has 1 aromatic rings. The van der Waals surface area contributed by atoms with Gasteiger partial charge in [0.2, 0.25) is 0 Å². The fraction of sp³-hybridized carbons (Fsp3) is 0.222. The van der Waals surface area contributed by atoms with Crippen LogP contribution in [-0.4, -0.2) is 12.4 Å². The van der Waals surface area contributed by atoms with Gasteiger partial charge in [0.1, 0.15) is 5.75 Å². The Morgan fingerprint density at radius 3 is 2.47 bits per heavy atom. The summed E-state index contributed by atoms with van der Waals surface area (Å²) in [5, 5.41) is 0.0331. The third-order valence-electron chi connectivity index (χ3n) is 1.62. The fourth-order valence-corrected chi connectivity index (χ4v) is 1.50. The first kappa shape index (κ1) is 12.2. The molecule has 15 heavy (non-hydrogen) atoms. The van der Waals surface area contributed by atoms with Crippen molar-refractivity contribution in [1.29, 1.82) is 0 Å². The lowest BCUT2D eigenvalue weighted by Crippen LogP contribution is -2.07. The number of benzene rings is 1. The first-order valence-corrected chi connectivity index (χ1v) is 4.62. The van der Waals surface area contributed by atoms with Gasteiger partial charge in [0, 0.05) is 0 Å². The molecule has 0 heterocycles. The molecule has 2 nitrogen and oxygen atoms in total. The van der Waals surface area contributed by atoms with Gasteiger partial charge in [0.15, 0.2) is 5.78 Å². The van der Waals surface area contributed by atoms with Gasteiger partial charge in [-0.25, -0.2) is 0 Å². The molecule has 0 aromatic heterocycles. The normalized spacial score (nSPS) is 10.5. The summed E-state index contributed by atoms with van der Waals surface area (Å²) in [7, 11) is 0. The van der Waals surface area contributed by atoms with Crippen molar-refractivity contribution >= 4 is 29.0 Å². The van der Waals surface area contributed by atoms with E-state index >= 15 is 0 Å². The number of carbonyl (C=O) groups excluding carboxylic acids is 1. The minimum Gasteiger partial charge on any atom is -0.434 e. The molecular weight excluding hydrogens is 249 g/mol. The van der Waals surface area contributed by atoms with E-state index in [0.29, 0.717) is 0 Å². The number of hydrogen-bond acceptors (Lipinski definition) is 2. The summed E-state index contributed by atoms with van der Waals surface area (Å²) < 4.78 is 28.1. The zero-order chi connectivity index (χ0) is 11.6. The SMILES string of the molecule is CC(=O)c1c(OC(F)F)ccc(Cl)c1Cl. The molecule has 0 N–H and O–H groups in total. The molecule has 1 aromatic carbocycles. The van der Waals surface area contributed by atoms with Crippen molar-refractivity contribution in [3.8, 4) is 5.75 Å². The van der Waals surface area contributed by atoms with Gasteiger partial charge in [-0.05, 0) is 19.1 Å². The number of alkyl halides is 2. The van der Waals surface area contributed by atoms with Crippen LogP contribution >= 0.6 is 23.2 Å². The molecule has 0 spiro atoms. The van der Waals surface area contributed by atoms with Gasteiger partial charge in [-0.3, -0.25) is 4.79 Å². The van der Waals surface area contributed by atoms with E-state index in [1.807, 2.05) is 0 Å². The third kappa shape index (κ3) is 2.79. The Morgan fingerprint density at radius 1 is 1.40 bits per heavy atom. The zero-order valence-corrected chi connectivity index (χ0v) is 9.07. The molecule has 1 rings (SSSR count). The van der Waals surface area contributed by atoms with E-state index in [2.05, 4.69) is 4.74 Å². The molecule has 0 aliphatic rings. The van der Waals surface area contributed by atoms with Crippen molar-refractivity contribution in [2.45, 2.75) is 13.5 Å². The van der Waals surface area contributed by atoms with Gasteiger partial charge in [-0.15, -0.1) is 0 Å². The van der Waals surface area contributed by atoms with Crippen molar-refractivity contribution in [3.05, 3.63) is 27.7 Å². The van der Waals surface area contributed by atoms with Crippen LogP contribution in [-0.2, 0) is 0 Å². The summed E-state index contributed by atoms with van der Waals surface area (Å²) in [6, 6.07) is 2.46. The van der Waals surface area contributed by atoms with E-state index in [1.54, 1.807) is 0 Å². The second-order valence-corrected chi connectivity index (χ2v) is 3.45. The van der Waals surface area contributed by atoms with Crippen molar-refractivity contribution in [3.63, 3.8) is 0 Å². The van der Waals surface area contributed by atoms with Gasteiger partial charge in [-0.1, -0.05) is 23.2 Å². The van der Waals surface area contributed by atoms with Crippen molar-refractivity contribution in [2.24, 2.45) is 0 Å². The number of ether oxygens (including phenoxy) is 1. The summed E-state index contributed by atoms with van der Waals surface area (Å²) in [5.74, 6) is -0.759. The number of hydrogen-bond donors (Lipinski definition) is 0. The van der Waals surface area contributed by atoms with Crippen LogP contribution in [0.2, 0.25) is 10.0 Å². The molecule has 0 amide bonds. The Balaban J connectivity index is 3.27. The minimum absolute atomic E-state index is 0.0812. The molecule has 0 radical (unpaired) electrons. The maximum atomic E-state index is 12.0. The van der Waals surface area contributed by atoms with E-state index < -0.39 is 12.4 Å². The maximum Gasteiger partial charge on any atom is 0.387 e. The Bertz CT molecular complexity index is 394. The molecule has 0 aliphatic carbocycles. The average Bonchev–Trinajstić information content (AvgIpc) is 2.10. The number of rotatable bonds is 3. The zero-order valence-electron chi connectivity index (χ0n) is 7.56. The van der Waals surface area contributed by atoms with Crippen LogP contribution in [0.4, 0.5) is 8.78 Å². The first-order valence-electron chi connectivity index (χ1n) is 3.87. The van der Waals surface area contributed by atoms with Gasteiger partial charge >= 0.3 is 6.61 Å². The highest BCUT2D eigenvalue weighted by atomic mass is 35.5. The molecule has 0 unspecified atom stereocenters. The van der Waals surface area contributed by atoms with Crippen molar-refractivity contribution in [2.75, 3.05) is 0 Å². The van der Waals surface area contributed by atoms with Gasteiger partial charge < -0.3 is 4.74 Å². The number of Topliss-reactive ketones (excluding diaryl/α,β-unsaturated/α-hetero) is 1. The second-order valence-electron chi connectivity index (χ2n) is 2.67. The molecule has 0 fully saturated rings. The third-order valence-corrected chi connectivity index (χ3v) is 2.43. The van der Waals surface area contributed by atoms with E-state index in [0.717, 1.165) is 0 Å². The van der Waals surface area contributed by atoms with Crippen LogP contribution in [0.3, 0.4) is 0 Å². The first-order chi connectivity index (χ1) is 6.93. The van der Waals surface area contributed by atoms with Crippen molar-refractivity contribution in [1.82, 2.24) is 0 Å². The predicted octanol–water partition coefficient (Wildman–Crippen LogP) is 3.80. The number of ketones is 1. The maximum absolute atomic E-state index is 12.0. The molecule has 82 valence electrons.